The summed E-state index contributed by atoms with van der Waals surface area (Å²) >= 11 is 0. The molecule has 0 atom stereocenters. The second kappa shape index (κ2) is 12.4. The second-order valence-corrected chi connectivity index (χ2v) is 11.0. The molecule has 12 nitrogen and oxygen atoms in total. The first-order chi connectivity index (χ1) is 21.7. The van der Waals surface area contributed by atoms with Gasteiger partial charge in [0.15, 0.2) is 0 Å². The smallest absolute Gasteiger partial charge is 0.326 e. The molecule has 2 fully saturated rings. The molecule has 5 amide bonds. The van der Waals surface area contributed by atoms with E-state index in [0.717, 1.165) is 44.3 Å². The number of amides is 5. The van der Waals surface area contributed by atoms with E-state index in [1.807, 2.05) is 29.2 Å². The molecule has 3 heterocycles. The van der Waals surface area contributed by atoms with Gasteiger partial charge in [-0.25, -0.2) is 4.79 Å². The number of aryl methyl sites for hydroxylation is 1. The molecule has 4 N–H and O–H groups in total. The lowest BCUT2D eigenvalue weighted by molar-refractivity contribution is -0.384. The van der Waals surface area contributed by atoms with E-state index in [-0.39, 0.29) is 22.9 Å². The van der Waals surface area contributed by atoms with E-state index < -0.39 is 22.8 Å². The Kier molecular flexibility index (Phi) is 8.10. The van der Waals surface area contributed by atoms with Crippen LogP contribution in [0.2, 0.25) is 0 Å². The Balaban J connectivity index is 1.29. The third-order valence-corrected chi connectivity index (χ3v) is 7.98. The van der Waals surface area contributed by atoms with Crippen LogP contribution in [0.3, 0.4) is 0 Å². The van der Waals surface area contributed by atoms with Gasteiger partial charge in [0.25, 0.3) is 17.5 Å². The Bertz CT molecular complexity index is 1780. The molecule has 0 aromatic heterocycles. The fourth-order valence-corrected chi connectivity index (χ4v) is 5.66. The van der Waals surface area contributed by atoms with Crippen LogP contribution in [-0.4, -0.2) is 46.7 Å². The maximum atomic E-state index is 13.3. The average Bonchev–Trinajstić information content (AvgIpc) is 3.53. The highest BCUT2D eigenvalue weighted by Gasteiger charge is 2.30. The van der Waals surface area contributed by atoms with Crippen LogP contribution in [0.5, 0.6) is 0 Å². The number of anilines is 2. The standard InChI is InChI=1S/C33H30N6O6/c40-28-5-1-2-16-38(28)17-3-4-20-6-10-22(11-7-20)30(29-25-19-24(39(44)45)14-15-26(25)35-32(29)42)34-23-12-8-21(9-13-23)18-27-31(41)37-33(43)36-27/h6-15,18-19,34H,1-5,16-17H2,(H,35,42)(H2,36,37,41,43)/b27-18+,30-29-. The summed E-state index contributed by atoms with van der Waals surface area (Å²) in [5, 5.41) is 22.3. The average molecular weight is 607 g/mol. The molecule has 0 saturated carbocycles. The number of hydrogen-bond acceptors (Lipinski definition) is 7. The van der Waals surface area contributed by atoms with E-state index in [1.165, 1.54) is 18.2 Å². The van der Waals surface area contributed by atoms with Gasteiger partial charge in [0.1, 0.15) is 5.70 Å². The van der Waals surface area contributed by atoms with Gasteiger partial charge in [-0.2, -0.15) is 0 Å². The van der Waals surface area contributed by atoms with Gasteiger partial charge in [0.2, 0.25) is 5.91 Å². The lowest BCUT2D eigenvalue weighted by atomic mass is 9.98. The summed E-state index contributed by atoms with van der Waals surface area (Å²) in [5.74, 6) is -0.694. The highest BCUT2D eigenvalue weighted by atomic mass is 16.6. The van der Waals surface area contributed by atoms with Gasteiger partial charge in [0.05, 0.1) is 16.2 Å². The van der Waals surface area contributed by atoms with E-state index in [1.54, 1.807) is 30.3 Å². The molecule has 0 unspecified atom stereocenters. The quantitative estimate of drug-likeness (QED) is 0.119. The van der Waals surface area contributed by atoms with Gasteiger partial charge in [-0.3, -0.25) is 29.8 Å². The van der Waals surface area contributed by atoms with Crippen LogP contribution in [0, 0.1) is 10.1 Å². The molecule has 228 valence electrons. The maximum Gasteiger partial charge on any atom is 0.326 e. The van der Waals surface area contributed by atoms with Crippen LogP contribution in [0.1, 0.15) is 47.9 Å². The van der Waals surface area contributed by atoms with Gasteiger partial charge < -0.3 is 20.9 Å². The lowest BCUT2D eigenvalue weighted by Gasteiger charge is -2.26. The van der Waals surface area contributed by atoms with Crippen molar-refractivity contribution >= 4 is 58.2 Å². The molecule has 3 aliphatic heterocycles. The first-order valence-electron chi connectivity index (χ1n) is 14.7. The molecule has 3 aromatic rings. The van der Waals surface area contributed by atoms with Crippen molar-refractivity contribution in [3.63, 3.8) is 0 Å². The Morgan fingerprint density at radius 1 is 0.911 bits per heavy atom. The number of hydrogen-bond donors (Lipinski definition) is 4. The summed E-state index contributed by atoms with van der Waals surface area (Å²) in [4.78, 5) is 61.8. The van der Waals surface area contributed by atoms with Crippen LogP contribution in [0.4, 0.5) is 21.9 Å². The van der Waals surface area contributed by atoms with Crippen molar-refractivity contribution in [2.45, 2.75) is 32.1 Å². The monoisotopic (exact) mass is 606 g/mol. The molecular formula is C33H30N6O6. The number of piperidine rings is 1. The number of carbonyl (C=O) groups is 4. The van der Waals surface area contributed by atoms with Gasteiger partial charge >= 0.3 is 6.03 Å². The van der Waals surface area contributed by atoms with Crippen LogP contribution < -0.4 is 21.3 Å². The third kappa shape index (κ3) is 6.44. The number of fused-ring (bicyclic) bond motifs is 1. The normalized spacial score (nSPS) is 18.0. The van der Waals surface area contributed by atoms with Gasteiger partial charge in [-0.15, -0.1) is 0 Å². The number of nitrogens with zero attached hydrogens (tertiary/aromatic N) is 2. The number of likely N-dealkylation sites (tertiary alicyclic amines) is 1. The Morgan fingerprint density at radius 3 is 2.38 bits per heavy atom. The number of rotatable bonds is 9. The number of non-ortho nitro benzene ring substituents is 1. The maximum absolute atomic E-state index is 13.3. The minimum absolute atomic E-state index is 0.131. The van der Waals surface area contributed by atoms with E-state index >= 15 is 0 Å². The molecule has 0 aliphatic carbocycles. The van der Waals surface area contributed by atoms with E-state index in [9.17, 15) is 29.3 Å². The van der Waals surface area contributed by atoms with Crippen LogP contribution in [-0.2, 0) is 20.8 Å². The zero-order valence-electron chi connectivity index (χ0n) is 24.2. The summed E-state index contributed by atoms with van der Waals surface area (Å²) in [6, 6.07) is 18.5. The molecule has 45 heavy (non-hydrogen) atoms. The van der Waals surface area contributed by atoms with Crippen LogP contribution >= 0.6 is 0 Å². The SMILES string of the molecule is O=C1NC(=O)/C(=C\c2ccc(N/C(=C3\C(=O)Nc4ccc([N+](=O)[O-])cc43)c3ccc(CCCN4CCCCC4=O)cc3)cc2)N1. The second-order valence-electron chi connectivity index (χ2n) is 11.0. The fraction of sp³-hybridized carbons (Fsp3) is 0.212. The molecule has 0 spiro atoms. The van der Waals surface area contributed by atoms with Crippen molar-refractivity contribution < 1.29 is 24.1 Å². The number of imide groups is 1. The fourth-order valence-electron chi connectivity index (χ4n) is 5.66. The highest BCUT2D eigenvalue weighted by molar-refractivity contribution is 6.37. The van der Waals surface area contributed by atoms with Crippen LogP contribution in [0.15, 0.2) is 72.4 Å². The largest absolute Gasteiger partial charge is 0.354 e. The van der Waals surface area contributed by atoms with E-state index in [0.29, 0.717) is 40.2 Å². The highest BCUT2D eigenvalue weighted by Crippen LogP contribution is 2.39. The van der Waals surface area contributed by atoms with Crippen LogP contribution in [0.25, 0.3) is 17.3 Å². The van der Waals surface area contributed by atoms with Crippen molar-refractivity contribution in [2.24, 2.45) is 0 Å². The topological polar surface area (TPSA) is 163 Å². The number of nitrogens with one attached hydrogen (secondary N) is 4. The molecule has 0 bridgehead atoms. The lowest BCUT2D eigenvalue weighted by Crippen LogP contribution is -2.36. The van der Waals surface area contributed by atoms with Gasteiger partial charge in [0, 0.05) is 48.6 Å². The summed E-state index contributed by atoms with van der Waals surface area (Å²) < 4.78 is 0. The predicted octanol–water partition coefficient (Wildman–Crippen LogP) is 4.65. The first kappa shape index (κ1) is 29.3. The van der Waals surface area contributed by atoms with Crippen molar-refractivity contribution in [1.82, 2.24) is 15.5 Å². The Morgan fingerprint density at radius 2 is 1.69 bits per heavy atom. The molecule has 3 aromatic carbocycles. The first-order valence-corrected chi connectivity index (χ1v) is 14.7. The summed E-state index contributed by atoms with van der Waals surface area (Å²) in [6.45, 7) is 1.53. The van der Waals surface area contributed by atoms with E-state index in [2.05, 4.69) is 21.3 Å². The van der Waals surface area contributed by atoms with Gasteiger partial charge in [-0.05, 0) is 66.6 Å². The van der Waals surface area contributed by atoms with Crippen molar-refractivity contribution in [2.75, 3.05) is 23.7 Å². The van der Waals surface area contributed by atoms with Crippen molar-refractivity contribution in [1.29, 1.82) is 0 Å². The molecule has 6 rings (SSSR count). The molecule has 12 heteroatoms. The van der Waals surface area contributed by atoms with Crippen molar-refractivity contribution in [3.05, 3.63) is 105 Å². The minimum Gasteiger partial charge on any atom is -0.354 e. The summed E-state index contributed by atoms with van der Waals surface area (Å²) in [5.41, 5.74) is 4.69. The molecule has 3 aliphatic rings. The van der Waals surface area contributed by atoms with E-state index in [4.69, 9.17) is 0 Å². The zero-order chi connectivity index (χ0) is 31.5. The third-order valence-electron chi connectivity index (χ3n) is 7.98. The number of nitro benzene ring substituents is 1. The number of nitro groups is 1. The summed E-state index contributed by atoms with van der Waals surface area (Å²) in [7, 11) is 0. The number of benzene rings is 3. The number of carbonyl (C=O) groups excluding carboxylic acids is 4. The zero-order valence-corrected chi connectivity index (χ0v) is 24.2. The Labute approximate surface area is 258 Å². The molecule has 0 radical (unpaired) electrons. The van der Waals surface area contributed by atoms with Gasteiger partial charge in [-0.1, -0.05) is 36.4 Å². The summed E-state index contributed by atoms with van der Waals surface area (Å²) in [6.07, 6.45) is 5.79. The Hall–Kier alpha value is -5.78. The molecule has 2 saturated heterocycles. The predicted molar refractivity (Wildman–Crippen MR) is 168 cm³/mol. The minimum atomic E-state index is -0.584. The molecular weight excluding hydrogens is 576 g/mol. The number of urea groups is 1. The van der Waals surface area contributed by atoms with Crippen molar-refractivity contribution in [3.8, 4) is 0 Å².